The largest absolute Gasteiger partial charge is 0.494 e. The number of hydrogen-bond acceptors (Lipinski definition) is 3. The summed E-state index contributed by atoms with van der Waals surface area (Å²) in [6.07, 6.45) is 0.861. The van der Waals surface area contributed by atoms with Crippen LogP contribution < -0.4 is 10.5 Å². The molecule has 1 aliphatic rings. The van der Waals surface area contributed by atoms with Crippen molar-refractivity contribution in [2.24, 2.45) is 10.7 Å². The molecular weight excluding hydrogens is 397 g/mol. The number of nitrogens with two attached hydrogens (primary N) is 1. The van der Waals surface area contributed by atoms with Gasteiger partial charge in [0, 0.05) is 31.1 Å². The third-order valence-corrected chi connectivity index (χ3v) is 4.20. The Hall–Kier alpha value is -0.630. The van der Waals surface area contributed by atoms with E-state index >= 15 is 0 Å². The van der Waals surface area contributed by atoms with Gasteiger partial charge in [0.25, 0.3) is 0 Å². The molecule has 6 heteroatoms. The average molecular weight is 421 g/mol. The van der Waals surface area contributed by atoms with E-state index in [1.54, 1.807) is 0 Å². The number of benzene rings is 1. The Balaban J connectivity index is 0.00000220. The van der Waals surface area contributed by atoms with Crippen LogP contribution in [0.5, 0.6) is 5.75 Å². The minimum atomic E-state index is 0. The first-order valence-corrected chi connectivity index (χ1v) is 8.30. The van der Waals surface area contributed by atoms with Crippen molar-refractivity contribution in [3.63, 3.8) is 0 Å². The Bertz CT molecular complexity index is 450. The second-order valence-corrected chi connectivity index (χ2v) is 5.85. The Morgan fingerprint density at radius 2 is 2.05 bits per heavy atom. The Morgan fingerprint density at radius 1 is 1.33 bits per heavy atom. The van der Waals surface area contributed by atoms with Crippen molar-refractivity contribution in [3.8, 4) is 5.75 Å². The van der Waals surface area contributed by atoms with Gasteiger partial charge in [-0.2, -0.15) is 11.8 Å². The first kappa shape index (κ1) is 18.4. The Labute approximate surface area is 148 Å². The third-order valence-electron chi connectivity index (χ3n) is 3.26. The normalized spacial score (nSPS) is 15.5. The summed E-state index contributed by atoms with van der Waals surface area (Å²) in [7, 11) is 0. The molecule has 1 heterocycles. The molecule has 0 unspecified atom stereocenters. The van der Waals surface area contributed by atoms with E-state index in [-0.39, 0.29) is 24.0 Å². The smallest absolute Gasteiger partial charge is 0.191 e. The zero-order valence-corrected chi connectivity index (χ0v) is 15.6. The van der Waals surface area contributed by atoms with Gasteiger partial charge < -0.3 is 15.4 Å². The maximum atomic E-state index is 6.04. The first-order chi connectivity index (χ1) is 9.81. The Kier molecular flexibility index (Phi) is 8.91. The highest BCUT2D eigenvalue weighted by molar-refractivity contribution is 14.0. The highest BCUT2D eigenvalue weighted by atomic mass is 127. The van der Waals surface area contributed by atoms with Crippen molar-refractivity contribution in [2.45, 2.75) is 13.3 Å². The van der Waals surface area contributed by atoms with Crippen LogP contribution in [0.2, 0.25) is 0 Å². The van der Waals surface area contributed by atoms with E-state index in [1.807, 2.05) is 36.9 Å². The molecule has 1 aromatic carbocycles. The van der Waals surface area contributed by atoms with Gasteiger partial charge >= 0.3 is 0 Å². The molecule has 2 rings (SSSR count). The second kappa shape index (κ2) is 10.2. The van der Waals surface area contributed by atoms with Crippen LogP contribution in [-0.2, 0) is 6.42 Å². The van der Waals surface area contributed by atoms with Crippen LogP contribution in [0.4, 0.5) is 0 Å². The van der Waals surface area contributed by atoms with Crippen molar-refractivity contribution in [2.75, 3.05) is 37.7 Å². The number of hydrogen-bond donors (Lipinski definition) is 1. The van der Waals surface area contributed by atoms with E-state index < -0.39 is 0 Å². The number of nitrogens with zero attached hydrogens (tertiary/aromatic N) is 2. The van der Waals surface area contributed by atoms with Gasteiger partial charge in [0.1, 0.15) is 5.75 Å². The van der Waals surface area contributed by atoms with Crippen LogP contribution in [0.25, 0.3) is 0 Å². The number of halogens is 1. The quantitative estimate of drug-likeness (QED) is 0.451. The molecule has 0 aliphatic carbocycles. The maximum Gasteiger partial charge on any atom is 0.191 e. The van der Waals surface area contributed by atoms with Crippen LogP contribution in [0.3, 0.4) is 0 Å². The van der Waals surface area contributed by atoms with Gasteiger partial charge in [0.2, 0.25) is 0 Å². The lowest BCUT2D eigenvalue weighted by Crippen LogP contribution is -2.42. The molecule has 118 valence electrons. The number of guanidine groups is 1. The molecule has 1 saturated heterocycles. The van der Waals surface area contributed by atoms with Crippen LogP contribution in [0.1, 0.15) is 12.5 Å². The van der Waals surface area contributed by atoms with Gasteiger partial charge in [-0.25, -0.2) is 0 Å². The van der Waals surface area contributed by atoms with E-state index in [0.717, 1.165) is 36.8 Å². The summed E-state index contributed by atoms with van der Waals surface area (Å²) < 4.78 is 5.62. The number of thioether (sulfide) groups is 1. The average Bonchev–Trinajstić information content (AvgIpc) is 2.50. The molecular formula is C15H24IN3OS. The van der Waals surface area contributed by atoms with E-state index in [2.05, 4.69) is 16.0 Å². The zero-order chi connectivity index (χ0) is 14.2. The lowest BCUT2D eigenvalue weighted by molar-refractivity contribution is 0.336. The first-order valence-electron chi connectivity index (χ1n) is 7.14. The van der Waals surface area contributed by atoms with Gasteiger partial charge in [0.15, 0.2) is 5.96 Å². The fourth-order valence-electron chi connectivity index (χ4n) is 2.19. The van der Waals surface area contributed by atoms with E-state index in [0.29, 0.717) is 19.1 Å². The SMILES string of the molecule is CCOc1ccccc1CCN=C(N)N1CCSCC1.I. The predicted molar refractivity (Wildman–Crippen MR) is 102 cm³/mol. The summed E-state index contributed by atoms with van der Waals surface area (Å²) in [4.78, 5) is 6.67. The number of ether oxygens (including phenoxy) is 1. The van der Waals surface area contributed by atoms with Gasteiger partial charge in [-0.05, 0) is 25.0 Å². The number of rotatable bonds is 5. The van der Waals surface area contributed by atoms with E-state index in [1.165, 1.54) is 5.56 Å². The van der Waals surface area contributed by atoms with Crippen molar-refractivity contribution in [3.05, 3.63) is 29.8 Å². The topological polar surface area (TPSA) is 50.9 Å². The molecule has 4 nitrogen and oxygen atoms in total. The fourth-order valence-corrected chi connectivity index (χ4v) is 3.09. The standard InChI is InChI=1S/C15H23N3OS.HI/c1-2-19-14-6-4-3-5-13(14)7-8-17-15(16)18-9-11-20-12-10-18;/h3-6H,2,7-12H2,1H3,(H2,16,17);1H. The number of aliphatic imine (C=N–C) groups is 1. The molecule has 0 aromatic heterocycles. The maximum absolute atomic E-state index is 6.04. The van der Waals surface area contributed by atoms with E-state index in [9.17, 15) is 0 Å². The van der Waals surface area contributed by atoms with Gasteiger partial charge in [-0.3, -0.25) is 4.99 Å². The molecule has 0 radical (unpaired) electrons. The molecule has 1 aromatic rings. The van der Waals surface area contributed by atoms with Gasteiger partial charge in [-0.1, -0.05) is 18.2 Å². The molecule has 0 atom stereocenters. The zero-order valence-electron chi connectivity index (χ0n) is 12.5. The highest BCUT2D eigenvalue weighted by Gasteiger charge is 2.11. The molecule has 21 heavy (non-hydrogen) atoms. The van der Waals surface area contributed by atoms with Crippen LogP contribution >= 0.6 is 35.7 Å². The molecule has 0 bridgehead atoms. The van der Waals surface area contributed by atoms with Crippen molar-refractivity contribution in [1.82, 2.24) is 4.90 Å². The molecule has 0 saturated carbocycles. The third kappa shape index (κ3) is 5.94. The predicted octanol–water partition coefficient (Wildman–Crippen LogP) is 2.61. The molecule has 0 spiro atoms. The molecule has 0 amide bonds. The van der Waals surface area contributed by atoms with Crippen LogP contribution in [0.15, 0.2) is 29.3 Å². The fraction of sp³-hybridized carbons (Fsp3) is 0.533. The van der Waals surface area contributed by atoms with E-state index in [4.69, 9.17) is 10.5 Å². The minimum Gasteiger partial charge on any atom is -0.494 e. The number of para-hydroxylation sites is 1. The lowest BCUT2D eigenvalue weighted by Gasteiger charge is -2.27. The summed E-state index contributed by atoms with van der Waals surface area (Å²) in [6.45, 7) is 5.42. The van der Waals surface area contributed by atoms with Crippen LogP contribution in [-0.4, -0.2) is 48.6 Å². The monoisotopic (exact) mass is 421 g/mol. The highest BCUT2D eigenvalue weighted by Crippen LogP contribution is 2.18. The minimum absolute atomic E-state index is 0. The van der Waals surface area contributed by atoms with Crippen molar-refractivity contribution >= 4 is 41.7 Å². The summed E-state index contributed by atoms with van der Waals surface area (Å²) >= 11 is 1.98. The lowest BCUT2D eigenvalue weighted by atomic mass is 10.1. The van der Waals surface area contributed by atoms with Crippen LogP contribution in [0, 0.1) is 0 Å². The van der Waals surface area contributed by atoms with Crippen molar-refractivity contribution < 1.29 is 4.74 Å². The summed E-state index contributed by atoms with van der Waals surface area (Å²) in [5.41, 5.74) is 7.24. The second-order valence-electron chi connectivity index (χ2n) is 4.63. The molecule has 1 aliphatic heterocycles. The summed E-state index contributed by atoms with van der Waals surface area (Å²) in [5.74, 6) is 3.92. The summed E-state index contributed by atoms with van der Waals surface area (Å²) in [6, 6.07) is 8.13. The summed E-state index contributed by atoms with van der Waals surface area (Å²) in [5, 5.41) is 0. The molecule has 2 N–H and O–H groups in total. The van der Waals surface area contributed by atoms with Crippen molar-refractivity contribution in [1.29, 1.82) is 0 Å². The van der Waals surface area contributed by atoms with Gasteiger partial charge in [0.05, 0.1) is 6.61 Å². The van der Waals surface area contributed by atoms with Gasteiger partial charge in [-0.15, -0.1) is 24.0 Å². The molecule has 1 fully saturated rings. The Morgan fingerprint density at radius 3 is 2.76 bits per heavy atom.